The molecule has 1 aliphatic heterocycles. The summed E-state index contributed by atoms with van der Waals surface area (Å²) in [5.41, 5.74) is 8.44. The number of aryl methyl sites for hydroxylation is 1. The molecular formula is C25H27N5O2. The van der Waals surface area contributed by atoms with Gasteiger partial charge in [-0.3, -0.25) is 9.69 Å². The summed E-state index contributed by atoms with van der Waals surface area (Å²) in [5, 5.41) is 9.10. The van der Waals surface area contributed by atoms with Crippen molar-refractivity contribution < 1.29 is 9.21 Å². The summed E-state index contributed by atoms with van der Waals surface area (Å²) in [6.45, 7) is 4.33. The van der Waals surface area contributed by atoms with Gasteiger partial charge < -0.3 is 10.2 Å². The largest absolute Gasteiger partial charge is 0.439 e. The van der Waals surface area contributed by atoms with Crippen LogP contribution in [0.25, 0.3) is 11.3 Å². The van der Waals surface area contributed by atoms with Gasteiger partial charge in [-0.15, -0.1) is 0 Å². The molecule has 4 rings (SSSR count). The fourth-order valence-electron chi connectivity index (χ4n) is 4.19. The molecule has 1 aliphatic rings. The lowest BCUT2D eigenvalue weighted by Crippen LogP contribution is -2.33. The molecule has 1 saturated heterocycles. The van der Waals surface area contributed by atoms with Crippen LogP contribution >= 0.6 is 0 Å². The van der Waals surface area contributed by atoms with Crippen LogP contribution in [0.3, 0.4) is 0 Å². The Morgan fingerprint density at radius 2 is 2.03 bits per heavy atom. The smallest absolute Gasteiger partial charge is 0.209 e. The zero-order valence-corrected chi connectivity index (χ0v) is 18.3. The highest BCUT2D eigenvalue weighted by Crippen LogP contribution is 2.26. The van der Waals surface area contributed by atoms with E-state index in [2.05, 4.69) is 14.9 Å². The van der Waals surface area contributed by atoms with Gasteiger partial charge in [-0.25, -0.2) is 9.97 Å². The SMILES string of the molecule is Cc1nc(C(=O)CCC2CCN(Cc3ncc(-c4ccccc4)o3)CC2)cc(N)c1C#N. The topological polar surface area (TPSA) is 109 Å². The van der Waals surface area contributed by atoms with Crippen LogP contribution in [0.1, 0.15) is 53.3 Å². The van der Waals surface area contributed by atoms with Crippen LogP contribution in [0.15, 0.2) is 47.0 Å². The van der Waals surface area contributed by atoms with Crippen molar-refractivity contribution in [1.29, 1.82) is 5.26 Å². The van der Waals surface area contributed by atoms with Gasteiger partial charge in [0.05, 0.1) is 29.7 Å². The third-order valence-electron chi connectivity index (χ3n) is 6.09. The number of oxazole rings is 1. The van der Waals surface area contributed by atoms with E-state index < -0.39 is 0 Å². The van der Waals surface area contributed by atoms with Crippen molar-refractivity contribution in [2.24, 2.45) is 5.92 Å². The molecule has 1 aromatic carbocycles. The van der Waals surface area contributed by atoms with Gasteiger partial charge in [-0.05, 0) is 51.3 Å². The lowest BCUT2D eigenvalue weighted by molar-refractivity contribution is 0.0955. The molecule has 0 amide bonds. The van der Waals surface area contributed by atoms with Crippen LogP contribution in [-0.2, 0) is 6.54 Å². The summed E-state index contributed by atoms with van der Waals surface area (Å²) >= 11 is 0. The molecule has 0 spiro atoms. The standard InChI is InChI=1S/C25H27N5O2/c1-17-20(14-26)21(27)13-22(29-17)23(31)8-7-18-9-11-30(12-10-18)16-25-28-15-24(32-25)19-5-3-2-4-6-19/h2-6,13,15,18H,7-12,16H2,1H3,(H2,27,29). The Balaban J connectivity index is 1.25. The van der Waals surface area contributed by atoms with E-state index in [1.54, 1.807) is 13.1 Å². The van der Waals surface area contributed by atoms with Crippen molar-refractivity contribution in [3.63, 3.8) is 0 Å². The van der Waals surface area contributed by atoms with Crippen molar-refractivity contribution in [3.8, 4) is 17.4 Å². The van der Waals surface area contributed by atoms with Gasteiger partial charge in [0.1, 0.15) is 11.8 Å². The molecular weight excluding hydrogens is 402 g/mol. The van der Waals surface area contributed by atoms with E-state index in [4.69, 9.17) is 15.4 Å². The fraction of sp³-hybridized carbons (Fsp3) is 0.360. The number of ketones is 1. The van der Waals surface area contributed by atoms with E-state index in [-0.39, 0.29) is 5.78 Å². The number of nitrogens with two attached hydrogens (primary N) is 1. The van der Waals surface area contributed by atoms with Gasteiger partial charge in [0.2, 0.25) is 5.89 Å². The van der Waals surface area contributed by atoms with Crippen LogP contribution in [0.5, 0.6) is 0 Å². The lowest BCUT2D eigenvalue weighted by atomic mass is 9.91. The number of carbonyl (C=O) groups excluding carboxylic acids is 1. The number of Topliss-reactive ketones (excluding diaryl/α,β-unsaturated/α-hetero) is 1. The van der Waals surface area contributed by atoms with Gasteiger partial charge in [0.25, 0.3) is 0 Å². The minimum absolute atomic E-state index is 0.0139. The number of hydrogen-bond acceptors (Lipinski definition) is 7. The van der Waals surface area contributed by atoms with Gasteiger partial charge in [-0.2, -0.15) is 5.26 Å². The maximum Gasteiger partial charge on any atom is 0.209 e. The number of pyridine rings is 1. The van der Waals surface area contributed by atoms with Crippen LogP contribution in [0.4, 0.5) is 5.69 Å². The number of rotatable bonds is 7. The molecule has 0 bridgehead atoms. The van der Waals surface area contributed by atoms with Gasteiger partial charge >= 0.3 is 0 Å². The quantitative estimate of drug-likeness (QED) is 0.555. The molecule has 0 atom stereocenters. The molecule has 32 heavy (non-hydrogen) atoms. The number of carbonyl (C=O) groups is 1. The molecule has 2 N–H and O–H groups in total. The number of nitriles is 1. The molecule has 3 heterocycles. The minimum atomic E-state index is -0.0139. The van der Waals surface area contributed by atoms with Gasteiger partial charge in [-0.1, -0.05) is 30.3 Å². The third-order valence-corrected chi connectivity index (χ3v) is 6.09. The molecule has 2 aromatic heterocycles. The number of anilines is 1. The van der Waals surface area contributed by atoms with Gasteiger partial charge in [0, 0.05) is 12.0 Å². The summed E-state index contributed by atoms with van der Waals surface area (Å²) in [4.78, 5) is 23.6. The Labute approximate surface area is 187 Å². The first-order valence-electron chi connectivity index (χ1n) is 11.0. The second-order valence-corrected chi connectivity index (χ2v) is 8.33. The Hall–Kier alpha value is -3.50. The first kappa shape index (κ1) is 21.7. The average molecular weight is 430 g/mol. The second kappa shape index (κ2) is 9.75. The van der Waals surface area contributed by atoms with E-state index in [1.807, 2.05) is 36.4 Å². The number of piperidine rings is 1. The molecule has 7 heteroatoms. The molecule has 1 fully saturated rings. The van der Waals surface area contributed by atoms with E-state index in [0.717, 1.165) is 49.6 Å². The number of nitrogens with zero attached hydrogens (tertiary/aromatic N) is 4. The lowest BCUT2D eigenvalue weighted by Gasteiger charge is -2.30. The Morgan fingerprint density at radius 3 is 2.72 bits per heavy atom. The third kappa shape index (κ3) is 5.04. The highest BCUT2D eigenvalue weighted by Gasteiger charge is 2.22. The van der Waals surface area contributed by atoms with E-state index in [0.29, 0.717) is 41.5 Å². The maximum atomic E-state index is 12.6. The molecule has 0 aliphatic carbocycles. The van der Waals surface area contributed by atoms with Crippen molar-refractivity contribution in [2.75, 3.05) is 18.8 Å². The number of benzene rings is 1. The monoisotopic (exact) mass is 429 g/mol. The van der Waals surface area contributed by atoms with Crippen LogP contribution in [-0.4, -0.2) is 33.7 Å². The molecule has 0 saturated carbocycles. The number of likely N-dealkylation sites (tertiary alicyclic amines) is 1. The molecule has 0 unspecified atom stereocenters. The van der Waals surface area contributed by atoms with Crippen molar-refractivity contribution in [3.05, 3.63) is 65.4 Å². The second-order valence-electron chi connectivity index (χ2n) is 8.33. The van der Waals surface area contributed by atoms with Crippen molar-refractivity contribution >= 4 is 11.5 Å². The number of hydrogen-bond donors (Lipinski definition) is 1. The van der Waals surface area contributed by atoms with Crippen LogP contribution < -0.4 is 5.73 Å². The summed E-state index contributed by atoms with van der Waals surface area (Å²) in [6, 6.07) is 13.5. The predicted octanol–water partition coefficient (Wildman–Crippen LogP) is 4.37. The predicted molar refractivity (Wildman–Crippen MR) is 122 cm³/mol. The zero-order valence-electron chi connectivity index (χ0n) is 18.3. The summed E-state index contributed by atoms with van der Waals surface area (Å²) < 4.78 is 5.93. The Bertz CT molecular complexity index is 1100. The van der Waals surface area contributed by atoms with E-state index in [9.17, 15) is 4.79 Å². The summed E-state index contributed by atoms with van der Waals surface area (Å²) in [7, 11) is 0. The number of aromatic nitrogens is 2. The first-order chi connectivity index (χ1) is 15.5. The molecule has 7 nitrogen and oxygen atoms in total. The van der Waals surface area contributed by atoms with Crippen molar-refractivity contribution in [1.82, 2.24) is 14.9 Å². The van der Waals surface area contributed by atoms with E-state index >= 15 is 0 Å². The highest BCUT2D eigenvalue weighted by molar-refractivity contribution is 5.95. The van der Waals surface area contributed by atoms with Crippen molar-refractivity contribution in [2.45, 2.75) is 39.2 Å². The Morgan fingerprint density at radius 1 is 1.28 bits per heavy atom. The van der Waals surface area contributed by atoms with E-state index in [1.165, 1.54) is 6.07 Å². The van der Waals surface area contributed by atoms with Crippen LogP contribution in [0, 0.1) is 24.2 Å². The van der Waals surface area contributed by atoms with Crippen LogP contribution in [0.2, 0.25) is 0 Å². The molecule has 3 aromatic rings. The molecule has 0 radical (unpaired) electrons. The summed E-state index contributed by atoms with van der Waals surface area (Å²) in [6.07, 6.45) is 5.16. The molecule has 164 valence electrons. The summed E-state index contributed by atoms with van der Waals surface area (Å²) in [5.74, 6) is 2.02. The Kier molecular flexibility index (Phi) is 6.62. The maximum absolute atomic E-state index is 12.6. The highest BCUT2D eigenvalue weighted by atomic mass is 16.4. The minimum Gasteiger partial charge on any atom is -0.439 e. The average Bonchev–Trinajstić information content (AvgIpc) is 3.27. The van der Waals surface area contributed by atoms with Gasteiger partial charge in [0.15, 0.2) is 11.5 Å². The zero-order chi connectivity index (χ0) is 22.5. The normalized spacial score (nSPS) is 14.9. The fourth-order valence-corrected chi connectivity index (χ4v) is 4.19. The first-order valence-corrected chi connectivity index (χ1v) is 11.0. The number of nitrogen functional groups attached to an aromatic ring is 1.